The molecule has 0 aliphatic heterocycles. The molecule has 1 fully saturated rings. The summed E-state index contributed by atoms with van der Waals surface area (Å²) in [6, 6.07) is 7.61. The molecule has 1 amide bonds. The van der Waals surface area contributed by atoms with E-state index in [-0.39, 0.29) is 11.9 Å². The lowest BCUT2D eigenvalue weighted by Gasteiger charge is -2.27. The first-order valence-electron chi connectivity index (χ1n) is 6.90. The Morgan fingerprint density at radius 3 is 2.86 bits per heavy atom. The third-order valence-corrected chi connectivity index (χ3v) is 3.47. The number of para-hydroxylation sites is 1. The van der Waals surface area contributed by atoms with Gasteiger partial charge in [-0.05, 0) is 25.3 Å². The quantitative estimate of drug-likeness (QED) is 0.763. The van der Waals surface area contributed by atoms with Crippen LogP contribution in [-0.4, -0.2) is 27.2 Å². The number of hydrogen-bond acceptors (Lipinski definition) is 4. The van der Waals surface area contributed by atoms with Crippen molar-refractivity contribution in [2.24, 2.45) is 0 Å². The van der Waals surface area contributed by atoms with E-state index >= 15 is 0 Å². The number of nitrogens with one attached hydrogen (secondary N) is 3. The van der Waals surface area contributed by atoms with E-state index in [1.165, 1.54) is 6.42 Å². The van der Waals surface area contributed by atoms with Gasteiger partial charge in [-0.1, -0.05) is 18.2 Å². The molecule has 0 unspecified atom stereocenters. The van der Waals surface area contributed by atoms with Gasteiger partial charge in [0.05, 0.1) is 6.10 Å². The maximum Gasteiger partial charge on any atom is 0.341 e. The fraction of sp³-hybridized carbons (Fsp3) is 0.357. The number of aromatic amines is 2. The minimum Gasteiger partial charge on any atom is -0.490 e. The van der Waals surface area contributed by atoms with Crippen LogP contribution in [0, 0.1) is 0 Å². The van der Waals surface area contributed by atoms with Crippen LogP contribution in [-0.2, 0) is 6.54 Å². The van der Waals surface area contributed by atoms with Gasteiger partial charge in [-0.3, -0.25) is 9.78 Å². The molecule has 0 radical (unpaired) electrons. The monoisotopic (exact) mass is 288 g/mol. The number of nitrogens with zero attached hydrogens (tertiary/aromatic N) is 1. The SMILES string of the molecule is O=C(NCc1ccccc1OC1CCC1)c1n[nH]c(=O)[nH]1. The second-order valence-electron chi connectivity index (χ2n) is 4.99. The molecule has 0 bridgehead atoms. The van der Waals surface area contributed by atoms with Gasteiger partial charge in [0.15, 0.2) is 0 Å². The summed E-state index contributed by atoms with van der Waals surface area (Å²) in [7, 11) is 0. The highest BCUT2D eigenvalue weighted by atomic mass is 16.5. The molecular formula is C14H16N4O3. The summed E-state index contributed by atoms with van der Waals surface area (Å²) in [5.74, 6) is 0.321. The molecule has 7 heteroatoms. The van der Waals surface area contributed by atoms with Crippen molar-refractivity contribution in [3.63, 3.8) is 0 Å². The maximum atomic E-state index is 11.8. The second-order valence-corrected chi connectivity index (χ2v) is 4.99. The largest absolute Gasteiger partial charge is 0.490 e. The number of benzene rings is 1. The van der Waals surface area contributed by atoms with E-state index in [4.69, 9.17) is 4.74 Å². The highest BCUT2D eigenvalue weighted by molar-refractivity contribution is 5.90. The fourth-order valence-corrected chi connectivity index (χ4v) is 2.07. The van der Waals surface area contributed by atoms with Crippen LogP contribution in [0.2, 0.25) is 0 Å². The summed E-state index contributed by atoms with van der Waals surface area (Å²) in [5.41, 5.74) is 0.393. The van der Waals surface area contributed by atoms with E-state index in [1.807, 2.05) is 24.3 Å². The zero-order valence-corrected chi connectivity index (χ0v) is 11.4. The first-order chi connectivity index (χ1) is 10.2. The van der Waals surface area contributed by atoms with Gasteiger partial charge < -0.3 is 10.1 Å². The van der Waals surface area contributed by atoms with E-state index in [9.17, 15) is 9.59 Å². The van der Waals surface area contributed by atoms with Crippen molar-refractivity contribution in [3.8, 4) is 5.75 Å². The summed E-state index contributed by atoms with van der Waals surface area (Å²) >= 11 is 0. The topological polar surface area (TPSA) is 99.9 Å². The lowest BCUT2D eigenvalue weighted by atomic mass is 9.96. The van der Waals surface area contributed by atoms with Gasteiger partial charge in [-0.25, -0.2) is 9.89 Å². The molecular weight excluding hydrogens is 272 g/mol. The van der Waals surface area contributed by atoms with Gasteiger partial charge in [0.25, 0.3) is 5.91 Å². The van der Waals surface area contributed by atoms with Crippen molar-refractivity contribution in [1.29, 1.82) is 0 Å². The van der Waals surface area contributed by atoms with Gasteiger partial charge >= 0.3 is 5.69 Å². The molecule has 1 heterocycles. The lowest BCUT2D eigenvalue weighted by molar-refractivity contribution is 0.0938. The van der Waals surface area contributed by atoms with Crippen molar-refractivity contribution in [3.05, 3.63) is 46.1 Å². The van der Waals surface area contributed by atoms with E-state index in [0.717, 1.165) is 24.2 Å². The maximum absolute atomic E-state index is 11.8. The lowest BCUT2D eigenvalue weighted by Crippen LogP contribution is -2.27. The number of ether oxygens (including phenoxy) is 1. The predicted molar refractivity (Wildman–Crippen MR) is 75.1 cm³/mol. The zero-order chi connectivity index (χ0) is 14.7. The van der Waals surface area contributed by atoms with Crippen molar-refractivity contribution >= 4 is 5.91 Å². The number of aromatic nitrogens is 3. The Morgan fingerprint density at radius 1 is 1.38 bits per heavy atom. The average Bonchev–Trinajstić information content (AvgIpc) is 2.88. The molecule has 1 aromatic carbocycles. The molecule has 1 saturated carbocycles. The Balaban J connectivity index is 1.64. The van der Waals surface area contributed by atoms with Crippen LogP contribution in [0.3, 0.4) is 0 Å². The van der Waals surface area contributed by atoms with Gasteiger partial charge in [0.2, 0.25) is 5.82 Å². The zero-order valence-electron chi connectivity index (χ0n) is 11.4. The third kappa shape index (κ3) is 3.13. The average molecular weight is 288 g/mol. The Labute approximate surface area is 120 Å². The molecule has 3 N–H and O–H groups in total. The summed E-state index contributed by atoms with van der Waals surface area (Å²) in [6.45, 7) is 0.316. The standard InChI is InChI=1S/C14H16N4O3/c19-13(12-16-14(20)18-17-12)15-8-9-4-1-2-7-11(9)21-10-5-3-6-10/h1-2,4,7,10H,3,5-6,8H2,(H,15,19)(H2,16,17,18,20). The Bertz CT molecular complexity index is 687. The minimum absolute atomic E-state index is 0.0302. The Morgan fingerprint density at radius 2 is 2.19 bits per heavy atom. The highest BCUT2D eigenvalue weighted by Crippen LogP contribution is 2.27. The Hall–Kier alpha value is -2.57. The van der Waals surface area contributed by atoms with Crippen LogP contribution in [0.5, 0.6) is 5.75 Å². The van der Waals surface area contributed by atoms with Crippen LogP contribution >= 0.6 is 0 Å². The number of amides is 1. The fourth-order valence-electron chi connectivity index (χ4n) is 2.07. The molecule has 1 aliphatic carbocycles. The summed E-state index contributed by atoms with van der Waals surface area (Å²) in [5, 5.41) is 8.45. The molecule has 7 nitrogen and oxygen atoms in total. The van der Waals surface area contributed by atoms with Crippen LogP contribution in [0.15, 0.2) is 29.1 Å². The summed E-state index contributed by atoms with van der Waals surface area (Å²) < 4.78 is 5.89. The van der Waals surface area contributed by atoms with Crippen molar-refractivity contribution in [2.75, 3.05) is 0 Å². The molecule has 0 atom stereocenters. The number of carbonyl (C=O) groups is 1. The molecule has 110 valence electrons. The first kappa shape index (κ1) is 13.4. The molecule has 0 spiro atoms. The van der Waals surface area contributed by atoms with Crippen LogP contribution < -0.4 is 15.7 Å². The molecule has 0 saturated heterocycles. The molecule has 1 aromatic heterocycles. The van der Waals surface area contributed by atoms with Crippen LogP contribution in [0.1, 0.15) is 35.4 Å². The predicted octanol–water partition coefficient (Wildman–Crippen LogP) is 0.959. The van der Waals surface area contributed by atoms with Crippen LogP contribution in [0.4, 0.5) is 0 Å². The smallest absolute Gasteiger partial charge is 0.341 e. The number of hydrogen-bond donors (Lipinski definition) is 3. The minimum atomic E-state index is -0.506. The third-order valence-electron chi connectivity index (χ3n) is 3.47. The van der Waals surface area contributed by atoms with Gasteiger partial charge in [-0.2, -0.15) is 0 Å². The molecule has 1 aliphatic rings. The highest BCUT2D eigenvalue weighted by Gasteiger charge is 2.20. The molecule has 2 aromatic rings. The van der Waals surface area contributed by atoms with Gasteiger partial charge in [0, 0.05) is 12.1 Å². The van der Waals surface area contributed by atoms with Crippen molar-refractivity contribution < 1.29 is 9.53 Å². The Kier molecular flexibility index (Phi) is 3.72. The van der Waals surface area contributed by atoms with E-state index < -0.39 is 11.6 Å². The number of rotatable bonds is 5. The summed E-state index contributed by atoms with van der Waals surface area (Å²) in [6.07, 6.45) is 3.64. The number of carbonyl (C=O) groups excluding carboxylic acids is 1. The van der Waals surface area contributed by atoms with E-state index in [0.29, 0.717) is 6.54 Å². The van der Waals surface area contributed by atoms with Crippen molar-refractivity contribution in [2.45, 2.75) is 31.9 Å². The second kappa shape index (κ2) is 5.82. The van der Waals surface area contributed by atoms with Gasteiger partial charge in [0.1, 0.15) is 5.75 Å². The molecule has 21 heavy (non-hydrogen) atoms. The van der Waals surface area contributed by atoms with E-state index in [1.54, 1.807) is 0 Å². The number of H-pyrrole nitrogens is 2. The van der Waals surface area contributed by atoms with Crippen molar-refractivity contribution in [1.82, 2.24) is 20.5 Å². The van der Waals surface area contributed by atoms with Gasteiger partial charge in [-0.15, -0.1) is 5.10 Å². The first-order valence-corrected chi connectivity index (χ1v) is 6.90. The molecule has 3 rings (SSSR count). The van der Waals surface area contributed by atoms with Crippen LogP contribution in [0.25, 0.3) is 0 Å². The summed E-state index contributed by atoms with van der Waals surface area (Å²) in [4.78, 5) is 25.0. The van der Waals surface area contributed by atoms with E-state index in [2.05, 4.69) is 20.5 Å². The normalized spacial score (nSPS) is 14.5.